The third-order valence-electron chi connectivity index (χ3n) is 5.65. The van der Waals surface area contributed by atoms with E-state index in [0.717, 1.165) is 28.1 Å². The van der Waals surface area contributed by atoms with E-state index in [4.69, 9.17) is 0 Å². The van der Waals surface area contributed by atoms with E-state index in [1.807, 2.05) is 73.9 Å². The number of benzene rings is 2. The van der Waals surface area contributed by atoms with E-state index in [1.54, 1.807) is 6.33 Å². The first-order valence-corrected chi connectivity index (χ1v) is 10.4. The molecule has 4 aromatic rings. The van der Waals surface area contributed by atoms with Gasteiger partial charge < -0.3 is 5.32 Å². The minimum atomic E-state index is -0.118. The summed E-state index contributed by atoms with van der Waals surface area (Å²) in [6.45, 7) is 6.75. The summed E-state index contributed by atoms with van der Waals surface area (Å²) in [5.74, 6) is -0.0962. The molecular weight excluding hydrogens is 388 g/mol. The first kappa shape index (κ1) is 20.6. The van der Waals surface area contributed by atoms with Crippen molar-refractivity contribution in [3.63, 3.8) is 0 Å². The van der Waals surface area contributed by atoms with E-state index >= 15 is 0 Å². The number of aryl methyl sites for hydroxylation is 3. The molecule has 6 nitrogen and oxygen atoms in total. The Labute approximate surface area is 181 Å². The molecule has 0 aliphatic heterocycles. The molecule has 0 aliphatic rings. The van der Waals surface area contributed by atoms with Crippen molar-refractivity contribution in [1.82, 2.24) is 19.4 Å². The van der Waals surface area contributed by atoms with Gasteiger partial charge in [0.15, 0.2) is 5.65 Å². The molecule has 0 unspecified atom stereocenters. The second kappa shape index (κ2) is 8.60. The van der Waals surface area contributed by atoms with Gasteiger partial charge in [-0.25, -0.2) is 4.98 Å². The van der Waals surface area contributed by atoms with Gasteiger partial charge in [-0.3, -0.25) is 18.7 Å². The van der Waals surface area contributed by atoms with E-state index in [-0.39, 0.29) is 24.4 Å². The lowest BCUT2D eigenvalue weighted by molar-refractivity contribution is -0.121. The normalized spacial score (nSPS) is 11.1. The Balaban J connectivity index is 1.56. The highest BCUT2D eigenvalue weighted by Crippen LogP contribution is 2.25. The number of fused-ring (bicyclic) bond motifs is 1. The zero-order chi connectivity index (χ0) is 22.0. The first-order chi connectivity index (χ1) is 15.0. The number of nitrogens with one attached hydrogen (secondary N) is 1. The second-order valence-corrected chi connectivity index (χ2v) is 7.84. The van der Waals surface area contributed by atoms with Gasteiger partial charge in [0.25, 0.3) is 5.56 Å². The van der Waals surface area contributed by atoms with Crippen LogP contribution < -0.4 is 10.9 Å². The summed E-state index contributed by atoms with van der Waals surface area (Å²) in [6.07, 6.45) is 1.76. The molecule has 0 radical (unpaired) electrons. The third-order valence-corrected chi connectivity index (χ3v) is 5.65. The van der Waals surface area contributed by atoms with Gasteiger partial charge >= 0.3 is 0 Å². The Morgan fingerprint density at radius 3 is 2.55 bits per heavy atom. The highest BCUT2D eigenvalue weighted by atomic mass is 16.1. The van der Waals surface area contributed by atoms with Crippen molar-refractivity contribution in [3.05, 3.63) is 93.7 Å². The van der Waals surface area contributed by atoms with Crippen LogP contribution in [0.4, 0.5) is 0 Å². The van der Waals surface area contributed by atoms with E-state index in [9.17, 15) is 9.59 Å². The van der Waals surface area contributed by atoms with Gasteiger partial charge in [-0.15, -0.1) is 0 Å². The summed E-state index contributed by atoms with van der Waals surface area (Å²) in [5.41, 5.74) is 5.61. The fraction of sp³-hybridized carbons (Fsp3) is 0.240. The first-order valence-electron chi connectivity index (χ1n) is 10.4. The zero-order valence-electron chi connectivity index (χ0n) is 18.1. The van der Waals surface area contributed by atoms with Gasteiger partial charge in [-0.05, 0) is 49.6 Å². The number of nitrogens with zero attached hydrogens (tertiary/aromatic N) is 3. The summed E-state index contributed by atoms with van der Waals surface area (Å²) >= 11 is 0. The standard InChI is InChI=1S/C25H26N4O2/c1-17-8-7-11-21(14-17)29-19(3)18(2)23-24(29)27-16-28(25(23)31)13-12-22(30)26-15-20-9-5-4-6-10-20/h4-11,14,16H,12-13,15H2,1-3H3,(H,26,30). The average Bonchev–Trinajstić information content (AvgIpc) is 3.03. The highest BCUT2D eigenvalue weighted by molar-refractivity contribution is 5.83. The summed E-state index contributed by atoms with van der Waals surface area (Å²) in [4.78, 5) is 30.0. The van der Waals surface area contributed by atoms with Crippen LogP contribution in [0.5, 0.6) is 0 Å². The molecule has 31 heavy (non-hydrogen) atoms. The molecular formula is C25H26N4O2. The smallest absolute Gasteiger partial charge is 0.263 e. The van der Waals surface area contributed by atoms with Crippen molar-refractivity contribution in [3.8, 4) is 5.69 Å². The number of hydrogen-bond donors (Lipinski definition) is 1. The van der Waals surface area contributed by atoms with Gasteiger partial charge in [0, 0.05) is 30.9 Å². The van der Waals surface area contributed by atoms with Crippen LogP contribution in [0.15, 0.2) is 65.7 Å². The number of hydrogen-bond acceptors (Lipinski definition) is 3. The molecule has 0 saturated heterocycles. The fourth-order valence-corrected chi connectivity index (χ4v) is 3.83. The molecule has 2 aromatic carbocycles. The molecule has 1 amide bonds. The van der Waals surface area contributed by atoms with E-state index in [1.165, 1.54) is 4.57 Å². The van der Waals surface area contributed by atoms with Crippen LogP contribution >= 0.6 is 0 Å². The molecule has 0 aliphatic carbocycles. The van der Waals surface area contributed by atoms with Gasteiger partial charge in [0.1, 0.15) is 0 Å². The SMILES string of the molecule is Cc1cccc(-n2c(C)c(C)c3c(=O)n(CCC(=O)NCc4ccccc4)cnc32)c1. The van der Waals surface area contributed by atoms with Crippen LogP contribution in [0, 0.1) is 20.8 Å². The van der Waals surface area contributed by atoms with Crippen LogP contribution in [0.2, 0.25) is 0 Å². The molecule has 4 rings (SSSR count). The number of carbonyl (C=O) groups is 1. The Bertz CT molecular complexity index is 1300. The van der Waals surface area contributed by atoms with Crippen molar-refractivity contribution < 1.29 is 4.79 Å². The quantitative estimate of drug-likeness (QED) is 0.522. The van der Waals surface area contributed by atoms with E-state index < -0.39 is 0 Å². The molecule has 0 spiro atoms. The molecule has 158 valence electrons. The lowest BCUT2D eigenvalue weighted by Gasteiger charge is -2.10. The highest BCUT2D eigenvalue weighted by Gasteiger charge is 2.18. The second-order valence-electron chi connectivity index (χ2n) is 7.84. The number of amides is 1. The molecule has 0 bridgehead atoms. The zero-order valence-corrected chi connectivity index (χ0v) is 18.1. The predicted octanol–water partition coefficient (Wildman–Crippen LogP) is 3.82. The Morgan fingerprint density at radius 2 is 1.81 bits per heavy atom. The Kier molecular flexibility index (Phi) is 5.71. The summed E-state index contributed by atoms with van der Waals surface area (Å²) in [5, 5.41) is 3.50. The van der Waals surface area contributed by atoms with Crippen molar-refractivity contribution in [2.24, 2.45) is 0 Å². The molecule has 1 N–H and O–H groups in total. The number of carbonyl (C=O) groups excluding carboxylic acids is 1. The van der Waals surface area contributed by atoms with Gasteiger partial charge in [0.2, 0.25) is 5.91 Å². The van der Waals surface area contributed by atoms with Crippen molar-refractivity contribution in [2.45, 2.75) is 40.3 Å². The maximum Gasteiger partial charge on any atom is 0.263 e. The molecule has 2 heterocycles. The summed E-state index contributed by atoms with van der Waals surface area (Å²) in [7, 11) is 0. The molecule has 0 atom stereocenters. The van der Waals surface area contributed by atoms with Crippen LogP contribution in [-0.2, 0) is 17.9 Å². The lowest BCUT2D eigenvalue weighted by Crippen LogP contribution is -2.27. The minimum Gasteiger partial charge on any atom is -0.352 e. The van der Waals surface area contributed by atoms with Crippen molar-refractivity contribution >= 4 is 16.9 Å². The predicted molar refractivity (Wildman–Crippen MR) is 122 cm³/mol. The van der Waals surface area contributed by atoms with Crippen molar-refractivity contribution in [1.29, 1.82) is 0 Å². The van der Waals surface area contributed by atoms with Gasteiger partial charge in [-0.2, -0.15) is 0 Å². The Morgan fingerprint density at radius 1 is 1.03 bits per heavy atom. The van der Waals surface area contributed by atoms with Gasteiger partial charge in [0.05, 0.1) is 11.7 Å². The summed E-state index contributed by atoms with van der Waals surface area (Å²) < 4.78 is 3.55. The lowest BCUT2D eigenvalue weighted by atomic mass is 10.2. The minimum absolute atomic E-state index is 0.0962. The van der Waals surface area contributed by atoms with Crippen LogP contribution in [0.1, 0.15) is 28.8 Å². The molecule has 2 aromatic heterocycles. The number of aromatic nitrogens is 3. The van der Waals surface area contributed by atoms with E-state index in [2.05, 4.69) is 16.4 Å². The van der Waals surface area contributed by atoms with Crippen LogP contribution in [0.3, 0.4) is 0 Å². The third kappa shape index (κ3) is 4.14. The topological polar surface area (TPSA) is 68.9 Å². The van der Waals surface area contributed by atoms with Gasteiger partial charge in [-0.1, -0.05) is 42.5 Å². The molecule has 6 heteroatoms. The van der Waals surface area contributed by atoms with Crippen LogP contribution in [-0.4, -0.2) is 20.0 Å². The van der Waals surface area contributed by atoms with Crippen molar-refractivity contribution in [2.75, 3.05) is 0 Å². The van der Waals surface area contributed by atoms with Crippen LogP contribution in [0.25, 0.3) is 16.7 Å². The fourth-order valence-electron chi connectivity index (χ4n) is 3.83. The largest absolute Gasteiger partial charge is 0.352 e. The molecule has 0 fully saturated rings. The monoisotopic (exact) mass is 414 g/mol. The Hall–Kier alpha value is -3.67. The van der Waals surface area contributed by atoms with E-state index in [0.29, 0.717) is 17.6 Å². The summed E-state index contributed by atoms with van der Waals surface area (Å²) in [6, 6.07) is 17.9. The molecule has 0 saturated carbocycles. The average molecular weight is 415 g/mol. The maximum absolute atomic E-state index is 13.2. The maximum atomic E-state index is 13.2. The number of rotatable bonds is 6.